The summed E-state index contributed by atoms with van der Waals surface area (Å²) < 4.78 is 0. The molecule has 0 saturated heterocycles. The smallest absolute Gasteiger partial charge is 0.255 e. The van der Waals surface area contributed by atoms with E-state index in [1.165, 1.54) is 11.1 Å². The van der Waals surface area contributed by atoms with Gasteiger partial charge in [0.15, 0.2) is 0 Å². The predicted octanol–water partition coefficient (Wildman–Crippen LogP) is 3.34. The second-order valence-corrected chi connectivity index (χ2v) is 6.21. The number of hydrogen-bond donors (Lipinski definition) is 1. The molecule has 108 valence electrons. The van der Waals surface area contributed by atoms with Crippen LogP contribution in [0.25, 0.3) is 5.57 Å². The van der Waals surface area contributed by atoms with Crippen molar-refractivity contribution in [2.24, 2.45) is 0 Å². The average molecular weight is 298 g/mol. The zero-order valence-corrected chi connectivity index (χ0v) is 12.9. The minimum Gasteiger partial charge on any atom is -0.310 e. The van der Waals surface area contributed by atoms with Crippen LogP contribution in [0.2, 0.25) is 0 Å². The lowest BCUT2D eigenvalue weighted by Gasteiger charge is -2.17. The van der Waals surface area contributed by atoms with Crippen LogP contribution in [-0.4, -0.2) is 15.7 Å². The molecule has 0 bridgehead atoms. The SMILES string of the molecule is Cc1nc2c(c(=O)[nH]1)CSC/C2=C\CCc1ccccc1. The Kier molecular flexibility index (Phi) is 4.25. The number of aryl methyl sites for hydroxylation is 2. The van der Waals surface area contributed by atoms with Crippen LogP contribution in [0.5, 0.6) is 0 Å². The first kappa shape index (κ1) is 14.1. The fourth-order valence-corrected chi connectivity index (χ4v) is 3.60. The number of H-pyrrole nitrogens is 1. The summed E-state index contributed by atoms with van der Waals surface area (Å²) in [5.74, 6) is 2.39. The molecule has 3 rings (SSSR count). The minimum atomic E-state index is 0.0126. The van der Waals surface area contributed by atoms with E-state index in [4.69, 9.17) is 0 Å². The Morgan fingerprint density at radius 3 is 2.90 bits per heavy atom. The number of fused-ring (bicyclic) bond motifs is 1. The third-order valence-corrected chi connectivity index (χ3v) is 4.62. The fraction of sp³-hybridized carbons (Fsp3) is 0.294. The zero-order chi connectivity index (χ0) is 14.7. The standard InChI is InChI=1S/C17H18N2OS/c1-12-18-16-14(10-21-11-15(16)17(20)19-12)9-5-8-13-6-3-2-4-7-13/h2-4,6-7,9H,5,8,10-11H2,1H3,(H,18,19,20)/b14-9+. The van der Waals surface area contributed by atoms with Crippen molar-refractivity contribution in [1.82, 2.24) is 9.97 Å². The zero-order valence-electron chi connectivity index (χ0n) is 12.1. The van der Waals surface area contributed by atoms with Crippen molar-refractivity contribution in [3.05, 3.63) is 69.4 Å². The summed E-state index contributed by atoms with van der Waals surface area (Å²) in [5.41, 5.74) is 4.28. The molecule has 1 N–H and O–H groups in total. The molecule has 1 aliphatic rings. The summed E-state index contributed by atoms with van der Waals surface area (Å²) in [6.45, 7) is 1.84. The molecule has 0 fully saturated rings. The van der Waals surface area contributed by atoms with Crippen molar-refractivity contribution in [3.63, 3.8) is 0 Å². The highest BCUT2D eigenvalue weighted by Gasteiger charge is 2.19. The van der Waals surface area contributed by atoms with Crippen molar-refractivity contribution in [3.8, 4) is 0 Å². The molecule has 0 radical (unpaired) electrons. The van der Waals surface area contributed by atoms with Gasteiger partial charge in [0.25, 0.3) is 5.56 Å². The second kappa shape index (κ2) is 6.31. The van der Waals surface area contributed by atoms with Gasteiger partial charge in [0.05, 0.1) is 11.3 Å². The van der Waals surface area contributed by atoms with Gasteiger partial charge < -0.3 is 4.98 Å². The van der Waals surface area contributed by atoms with Crippen LogP contribution < -0.4 is 5.56 Å². The lowest BCUT2D eigenvalue weighted by molar-refractivity contribution is 0.959. The minimum absolute atomic E-state index is 0.0126. The van der Waals surface area contributed by atoms with Gasteiger partial charge in [-0.15, -0.1) is 0 Å². The Morgan fingerprint density at radius 1 is 1.29 bits per heavy atom. The number of benzene rings is 1. The summed E-state index contributed by atoms with van der Waals surface area (Å²) in [5, 5.41) is 0. The third-order valence-electron chi connectivity index (χ3n) is 3.61. The fourth-order valence-electron chi connectivity index (χ4n) is 2.55. The van der Waals surface area contributed by atoms with Crippen molar-refractivity contribution < 1.29 is 0 Å². The van der Waals surface area contributed by atoms with Gasteiger partial charge in [-0.3, -0.25) is 4.79 Å². The highest BCUT2D eigenvalue weighted by atomic mass is 32.2. The largest absolute Gasteiger partial charge is 0.310 e. The van der Waals surface area contributed by atoms with Crippen LogP contribution in [-0.2, 0) is 12.2 Å². The summed E-state index contributed by atoms with van der Waals surface area (Å²) in [6.07, 6.45) is 4.24. The maximum atomic E-state index is 12.0. The Morgan fingerprint density at radius 2 is 2.10 bits per heavy atom. The monoisotopic (exact) mass is 298 g/mol. The molecule has 4 heteroatoms. The van der Waals surface area contributed by atoms with Crippen LogP contribution in [0.15, 0.2) is 41.2 Å². The Labute approximate surface area is 128 Å². The molecule has 1 aromatic carbocycles. The van der Waals surface area contributed by atoms with Crippen molar-refractivity contribution in [1.29, 1.82) is 0 Å². The molecule has 0 atom stereocenters. The van der Waals surface area contributed by atoms with Crippen molar-refractivity contribution in [2.75, 3.05) is 5.75 Å². The summed E-state index contributed by atoms with van der Waals surface area (Å²) >= 11 is 1.78. The second-order valence-electron chi connectivity index (χ2n) is 5.22. The number of aromatic amines is 1. The van der Waals surface area contributed by atoms with Gasteiger partial charge in [0.1, 0.15) is 5.82 Å². The Bertz CT molecular complexity index is 719. The Hall–Kier alpha value is -1.81. The lowest BCUT2D eigenvalue weighted by Crippen LogP contribution is -2.21. The van der Waals surface area contributed by atoms with Crippen LogP contribution in [0.1, 0.15) is 29.1 Å². The van der Waals surface area contributed by atoms with Gasteiger partial charge in [-0.1, -0.05) is 36.4 Å². The molecule has 2 aromatic rings. The first-order valence-electron chi connectivity index (χ1n) is 7.15. The summed E-state index contributed by atoms with van der Waals surface area (Å²) in [7, 11) is 0. The van der Waals surface area contributed by atoms with E-state index in [2.05, 4.69) is 40.3 Å². The average Bonchev–Trinajstić information content (AvgIpc) is 2.49. The molecular weight excluding hydrogens is 280 g/mol. The Balaban J connectivity index is 1.81. The number of thioether (sulfide) groups is 1. The van der Waals surface area contributed by atoms with Gasteiger partial charge in [0.2, 0.25) is 0 Å². The quantitative estimate of drug-likeness (QED) is 0.945. The number of aromatic nitrogens is 2. The van der Waals surface area contributed by atoms with Gasteiger partial charge in [-0.2, -0.15) is 11.8 Å². The molecule has 1 aromatic heterocycles. The molecule has 0 spiro atoms. The van der Waals surface area contributed by atoms with Crippen LogP contribution >= 0.6 is 11.8 Å². The van der Waals surface area contributed by atoms with Gasteiger partial charge in [-0.25, -0.2) is 4.98 Å². The lowest BCUT2D eigenvalue weighted by atomic mass is 10.0. The van der Waals surface area contributed by atoms with Crippen LogP contribution in [0, 0.1) is 6.92 Å². The van der Waals surface area contributed by atoms with Crippen molar-refractivity contribution >= 4 is 17.3 Å². The van der Waals surface area contributed by atoms with Crippen molar-refractivity contribution in [2.45, 2.75) is 25.5 Å². The number of nitrogens with zero attached hydrogens (tertiary/aromatic N) is 1. The number of allylic oxidation sites excluding steroid dienone is 1. The van der Waals surface area contributed by atoms with Gasteiger partial charge in [-0.05, 0) is 30.9 Å². The van der Waals surface area contributed by atoms with E-state index in [0.717, 1.165) is 35.6 Å². The number of hydrogen-bond acceptors (Lipinski definition) is 3. The molecule has 1 aliphatic heterocycles. The highest BCUT2D eigenvalue weighted by molar-refractivity contribution is 7.99. The first-order chi connectivity index (χ1) is 10.2. The van der Waals surface area contributed by atoms with E-state index < -0.39 is 0 Å². The van der Waals surface area contributed by atoms with E-state index >= 15 is 0 Å². The molecule has 0 aliphatic carbocycles. The van der Waals surface area contributed by atoms with E-state index in [1.807, 2.05) is 13.0 Å². The molecule has 21 heavy (non-hydrogen) atoms. The van der Waals surface area contributed by atoms with Crippen LogP contribution in [0.3, 0.4) is 0 Å². The maximum Gasteiger partial charge on any atom is 0.255 e. The normalized spacial score (nSPS) is 16.0. The summed E-state index contributed by atoms with van der Waals surface area (Å²) in [6, 6.07) is 10.5. The molecule has 0 amide bonds. The van der Waals surface area contributed by atoms with Gasteiger partial charge in [0, 0.05) is 11.5 Å². The van der Waals surface area contributed by atoms with E-state index in [0.29, 0.717) is 5.82 Å². The van der Waals surface area contributed by atoms with E-state index in [9.17, 15) is 4.79 Å². The molecule has 2 heterocycles. The molecule has 3 nitrogen and oxygen atoms in total. The summed E-state index contributed by atoms with van der Waals surface area (Å²) in [4.78, 5) is 19.3. The van der Waals surface area contributed by atoms with E-state index in [-0.39, 0.29) is 5.56 Å². The molecule has 0 unspecified atom stereocenters. The van der Waals surface area contributed by atoms with E-state index in [1.54, 1.807) is 11.8 Å². The first-order valence-corrected chi connectivity index (χ1v) is 8.30. The number of rotatable bonds is 3. The highest BCUT2D eigenvalue weighted by Crippen LogP contribution is 2.29. The molecular formula is C17H18N2OS. The molecule has 0 saturated carbocycles. The maximum absolute atomic E-state index is 12.0. The topological polar surface area (TPSA) is 45.8 Å². The van der Waals surface area contributed by atoms with Gasteiger partial charge >= 0.3 is 0 Å². The third kappa shape index (κ3) is 3.27. The predicted molar refractivity (Wildman–Crippen MR) is 88.5 cm³/mol. The number of nitrogens with one attached hydrogen (secondary N) is 1. The van der Waals surface area contributed by atoms with Crippen LogP contribution in [0.4, 0.5) is 0 Å².